The number of carbonyl (C=O) groups excluding carboxylic acids is 1. The maximum Gasteiger partial charge on any atom is 0.501 e. The van der Waals surface area contributed by atoms with Gasteiger partial charge in [-0.2, -0.15) is 31.6 Å². The van der Waals surface area contributed by atoms with E-state index in [1.807, 2.05) is 6.07 Å². The fraction of sp³-hybridized carbons (Fsp3) is 0.211. The van der Waals surface area contributed by atoms with Crippen molar-refractivity contribution >= 4 is 15.7 Å². The Morgan fingerprint density at radius 1 is 1.11 bits per heavy atom. The summed E-state index contributed by atoms with van der Waals surface area (Å²) in [5.41, 5.74) is -8.32. The maximum absolute atomic E-state index is 13.2. The van der Waals surface area contributed by atoms with Crippen molar-refractivity contribution in [3.8, 4) is 11.9 Å². The standard InChI is InChI=1S/C19H12F6N6O3S/c1-10(16-28-9-31(30-16)15-3-2-11(7-26)8-27-15)29-17(32)12-4-13(18(20,21)22)6-14(5-12)35(33,34)19(23,24)25/h2-6,8-10H,1H3,(H,29,32)/t10-/m0/s1. The summed E-state index contributed by atoms with van der Waals surface area (Å²) >= 11 is 0. The summed E-state index contributed by atoms with van der Waals surface area (Å²) in [4.78, 5) is 18.7. The van der Waals surface area contributed by atoms with Gasteiger partial charge in [-0.3, -0.25) is 4.79 Å². The molecule has 0 spiro atoms. The van der Waals surface area contributed by atoms with E-state index in [2.05, 4.69) is 20.4 Å². The lowest BCUT2D eigenvalue weighted by Gasteiger charge is -2.15. The van der Waals surface area contributed by atoms with E-state index in [9.17, 15) is 39.6 Å². The molecule has 0 aliphatic heterocycles. The van der Waals surface area contributed by atoms with Crippen LogP contribution in [0.3, 0.4) is 0 Å². The molecular weight excluding hydrogens is 506 g/mol. The molecule has 2 aromatic heterocycles. The first-order chi connectivity index (χ1) is 16.1. The third kappa shape index (κ3) is 5.40. The summed E-state index contributed by atoms with van der Waals surface area (Å²) in [5.74, 6) is -1.09. The number of carbonyl (C=O) groups is 1. The van der Waals surface area contributed by atoms with Crippen molar-refractivity contribution < 1.29 is 39.6 Å². The van der Waals surface area contributed by atoms with Gasteiger partial charge in [-0.1, -0.05) is 0 Å². The predicted octanol–water partition coefficient (Wildman–Crippen LogP) is 3.34. The van der Waals surface area contributed by atoms with E-state index < -0.39 is 49.5 Å². The topological polar surface area (TPSA) is 131 Å². The molecule has 35 heavy (non-hydrogen) atoms. The fourth-order valence-corrected chi connectivity index (χ4v) is 3.53. The number of pyridine rings is 1. The summed E-state index contributed by atoms with van der Waals surface area (Å²) in [6.45, 7) is 1.34. The number of sulfone groups is 1. The second-order valence-electron chi connectivity index (χ2n) is 6.95. The van der Waals surface area contributed by atoms with Gasteiger partial charge in [0.25, 0.3) is 15.7 Å². The summed E-state index contributed by atoms with van der Waals surface area (Å²) in [6, 6.07) is 3.95. The van der Waals surface area contributed by atoms with E-state index in [1.165, 1.54) is 36.3 Å². The Labute approximate surface area is 193 Å². The highest BCUT2D eigenvalue weighted by molar-refractivity contribution is 7.92. The van der Waals surface area contributed by atoms with Crippen LogP contribution in [0.2, 0.25) is 0 Å². The smallest absolute Gasteiger partial charge is 0.342 e. The molecule has 1 aromatic carbocycles. The Kier molecular flexibility index (Phi) is 6.57. The molecule has 0 aliphatic carbocycles. The zero-order chi connectivity index (χ0) is 26.2. The quantitative estimate of drug-likeness (QED) is 0.513. The number of nitrogens with zero attached hydrogens (tertiary/aromatic N) is 5. The number of benzene rings is 1. The van der Waals surface area contributed by atoms with E-state index in [0.29, 0.717) is 0 Å². The molecule has 2 heterocycles. The van der Waals surface area contributed by atoms with Gasteiger partial charge in [0, 0.05) is 11.8 Å². The highest BCUT2D eigenvalue weighted by Crippen LogP contribution is 2.36. The van der Waals surface area contributed by atoms with Crippen LogP contribution in [0.4, 0.5) is 26.3 Å². The van der Waals surface area contributed by atoms with Crippen LogP contribution in [-0.2, 0) is 16.0 Å². The van der Waals surface area contributed by atoms with Gasteiger partial charge >= 0.3 is 11.7 Å². The van der Waals surface area contributed by atoms with Gasteiger partial charge in [0.15, 0.2) is 11.6 Å². The molecule has 16 heteroatoms. The van der Waals surface area contributed by atoms with E-state index >= 15 is 0 Å². The van der Waals surface area contributed by atoms with Crippen molar-refractivity contribution in [2.45, 2.75) is 29.5 Å². The molecule has 0 unspecified atom stereocenters. The van der Waals surface area contributed by atoms with Crippen molar-refractivity contribution in [2.24, 2.45) is 0 Å². The summed E-state index contributed by atoms with van der Waals surface area (Å²) in [6.07, 6.45) is -2.76. The van der Waals surface area contributed by atoms with Crippen molar-refractivity contribution in [3.05, 3.63) is 65.4 Å². The zero-order valence-corrected chi connectivity index (χ0v) is 18.1. The lowest BCUT2D eigenvalue weighted by Crippen LogP contribution is -2.29. The van der Waals surface area contributed by atoms with Crippen LogP contribution in [0.5, 0.6) is 0 Å². The second-order valence-corrected chi connectivity index (χ2v) is 8.89. The number of halogens is 6. The molecule has 0 fully saturated rings. The van der Waals surface area contributed by atoms with Gasteiger partial charge in [0.05, 0.1) is 22.1 Å². The van der Waals surface area contributed by atoms with E-state index in [4.69, 9.17) is 5.26 Å². The van der Waals surface area contributed by atoms with E-state index in [1.54, 1.807) is 0 Å². The molecule has 1 N–H and O–H groups in total. The van der Waals surface area contributed by atoms with Crippen LogP contribution in [0.1, 0.15) is 40.3 Å². The van der Waals surface area contributed by atoms with E-state index in [0.717, 1.165) is 0 Å². The van der Waals surface area contributed by atoms with Crippen LogP contribution in [0.15, 0.2) is 47.8 Å². The molecular formula is C19H12F6N6O3S. The maximum atomic E-state index is 13.2. The minimum absolute atomic E-state index is 0.0420. The summed E-state index contributed by atoms with van der Waals surface area (Å²) in [5, 5.41) is 15.1. The van der Waals surface area contributed by atoms with E-state index in [-0.39, 0.29) is 35.4 Å². The highest BCUT2D eigenvalue weighted by Gasteiger charge is 2.48. The second kappa shape index (κ2) is 8.98. The number of nitrogens with one attached hydrogen (secondary N) is 1. The number of rotatable bonds is 5. The molecule has 0 saturated carbocycles. The van der Waals surface area contributed by atoms with Crippen LogP contribution in [0.25, 0.3) is 5.82 Å². The number of aromatic nitrogens is 4. The Morgan fingerprint density at radius 2 is 1.80 bits per heavy atom. The Morgan fingerprint density at radius 3 is 2.34 bits per heavy atom. The summed E-state index contributed by atoms with van der Waals surface area (Å²) in [7, 11) is -6.16. The first-order valence-corrected chi connectivity index (χ1v) is 10.7. The average molecular weight is 518 g/mol. The lowest BCUT2D eigenvalue weighted by atomic mass is 10.1. The fourth-order valence-electron chi connectivity index (χ4n) is 2.70. The molecule has 0 aliphatic rings. The van der Waals surface area contributed by atoms with Crippen LogP contribution < -0.4 is 5.32 Å². The molecule has 3 aromatic rings. The Balaban J connectivity index is 1.90. The number of hydrogen-bond acceptors (Lipinski definition) is 7. The van der Waals surface area contributed by atoms with Gasteiger partial charge < -0.3 is 5.32 Å². The number of hydrogen-bond donors (Lipinski definition) is 1. The molecule has 1 amide bonds. The van der Waals surface area contributed by atoms with Crippen molar-refractivity contribution in [1.82, 2.24) is 25.1 Å². The van der Waals surface area contributed by atoms with Gasteiger partial charge in [0.2, 0.25) is 0 Å². The Hall–Kier alpha value is -4.00. The van der Waals surface area contributed by atoms with Gasteiger partial charge in [-0.15, -0.1) is 5.10 Å². The molecule has 9 nitrogen and oxygen atoms in total. The van der Waals surface area contributed by atoms with Crippen LogP contribution >= 0.6 is 0 Å². The average Bonchev–Trinajstić information content (AvgIpc) is 3.28. The van der Waals surface area contributed by atoms with Gasteiger partial charge in [-0.25, -0.2) is 23.1 Å². The molecule has 0 saturated heterocycles. The number of nitriles is 1. The first-order valence-electron chi connectivity index (χ1n) is 9.26. The van der Waals surface area contributed by atoms with Crippen LogP contribution in [-0.4, -0.2) is 39.6 Å². The Bertz CT molecular complexity index is 1410. The largest absolute Gasteiger partial charge is 0.501 e. The minimum atomic E-state index is -6.16. The molecule has 0 radical (unpaired) electrons. The SMILES string of the molecule is C[C@H](NC(=O)c1cc(C(F)(F)F)cc(S(=O)(=O)C(F)(F)F)c1)c1ncn(-c2ccc(C#N)cn2)n1. The molecule has 0 bridgehead atoms. The normalized spacial score (nSPS) is 13.2. The third-order valence-electron chi connectivity index (χ3n) is 4.47. The summed E-state index contributed by atoms with van der Waals surface area (Å²) < 4.78 is 103. The molecule has 1 atom stereocenters. The zero-order valence-electron chi connectivity index (χ0n) is 17.3. The lowest BCUT2D eigenvalue weighted by molar-refractivity contribution is -0.137. The first kappa shape index (κ1) is 25.6. The number of amides is 1. The monoisotopic (exact) mass is 518 g/mol. The highest BCUT2D eigenvalue weighted by atomic mass is 32.2. The van der Waals surface area contributed by atoms with Crippen molar-refractivity contribution in [1.29, 1.82) is 5.26 Å². The van der Waals surface area contributed by atoms with Crippen molar-refractivity contribution in [3.63, 3.8) is 0 Å². The predicted molar refractivity (Wildman–Crippen MR) is 104 cm³/mol. The van der Waals surface area contributed by atoms with Gasteiger partial charge in [0.1, 0.15) is 12.4 Å². The van der Waals surface area contributed by atoms with Crippen LogP contribution in [0, 0.1) is 11.3 Å². The molecule has 184 valence electrons. The van der Waals surface area contributed by atoms with Gasteiger partial charge in [-0.05, 0) is 37.3 Å². The third-order valence-corrected chi connectivity index (χ3v) is 5.93. The number of alkyl halides is 6. The minimum Gasteiger partial charge on any atom is -0.342 e. The molecule has 3 rings (SSSR count). The van der Waals surface area contributed by atoms with Crippen molar-refractivity contribution in [2.75, 3.05) is 0 Å².